The topological polar surface area (TPSA) is 56.7 Å². The minimum absolute atomic E-state index is 0.290. The molecule has 4 nitrogen and oxygen atoms in total. The Labute approximate surface area is 144 Å². The van der Waals surface area contributed by atoms with Crippen LogP contribution in [0.3, 0.4) is 0 Å². The zero-order valence-electron chi connectivity index (χ0n) is 13.6. The fraction of sp³-hybridized carbons (Fsp3) is 0.222. The lowest BCUT2D eigenvalue weighted by Gasteiger charge is -2.07. The van der Waals surface area contributed by atoms with Gasteiger partial charge in [-0.1, -0.05) is 49.9 Å². The monoisotopic (exact) mass is 342 g/mol. The molecule has 0 saturated heterocycles. The Morgan fingerprint density at radius 2 is 1.71 bits per heavy atom. The average molecular weight is 342 g/mol. The molecule has 2 aromatic carbocycles. The van der Waals surface area contributed by atoms with Gasteiger partial charge in [-0.2, -0.15) is 0 Å². The molecule has 0 unspecified atom stereocenters. The van der Waals surface area contributed by atoms with E-state index in [1.165, 1.54) is 39.7 Å². The molecule has 0 radical (unpaired) electrons. The van der Waals surface area contributed by atoms with E-state index >= 15 is 0 Å². The number of thioether (sulfide) groups is 1. The minimum atomic E-state index is -0.290. The molecule has 0 amide bonds. The first kappa shape index (κ1) is 16.5. The van der Waals surface area contributed by atoms with Crippen LogP contribution in [0.2, 0.25) is 0 Å². The molecular formula is C18H19FN4S. The SMILES string of the molecule is CC(C)c1ccc(CSc2nnc(-c3ccc(F)cc3)n2N)cc1. The van der Waals surface area contributed by atoms with E-state index < -0.39 is 0 Å². The third-order valence-electron chi connectivity index (χ3n) is 3.78. The fourth-order valence-electron chi connectivity index (χ4n) is 2.32. The highest BCUT2D eigenvalue weighted by Crippen LogP contribution is 2.25. The maximum Gasteiger partial charge on any atom is 0.210 e. The molecule has 0 spiro atoms. The molecule has 0 aliphatic rings. The van der Waals surface area contributed by atoms with Gasteiger partial charge in [-0.05, 0) is 41.3 Å². The second-order valence-electron chi connectivity index (χ2n) is 5.87. The van der Waals surface area contributed by atoms with Crippen LogP contribution in [-0.2, 0) is 5.75 Å². The Bertz CT molecular complexity index is 810. The van der Waals surface area contributed by atoms with E-state index in [-0.39, 0.29) is 5.82 Å². The standard InChI is InChI=1S/C18H19FN4S/c1-12(2)14-5-3-13(4-6-14)11-24-18-22-21-17(23(18)20)15-7-9-16(19)10-8-15/h3-10,12H,11,20H2,1-2H3. The van der Waals surface area contributed by atoms with Gasteiger partial charge >= 0.3 is 0 Å². The van der Waals surface area contributed by atoms with Crippen molar-refractivity contribution in [2.75, 3.05) is 5.84 Å². The van der Waals surface area contributed by atoms with Crippen LogP contribution >= 0.6 is 11.8 Å². The van der Waals surface area contributed by atoms with Crippen LogP contribution in [-0.4, -0.2) is 14.9 Å². The Morgan fingerprint density at radius 1 is 1.04 bits per heavy atom. The molecule has 1 aromatic heterocycles. The lowest BCUT2D eigenvalue weighted by molar-refractivity contribution is 0.628. The van der Waals surface area contributed by atoms with E-state index in [4.69, 9.17) is 5.84 Å². The van der Waals surface area contributed by atoms with Crippen molar-refractivity contribution in [1.82, 2.24) is 14.9 Å². The summed E-state index contributed by atoms with van der Waals surface area (Å²) >= 11 is 1.52. The van der Waals surface area contributed by atoms with Crippen LogP contribution in [0.5, 0.6) is 0 Å². The second-order valence-corrected chi connectivity index (χ2v) is 6.81. The van der Waals surface area contributed by atoms with Crippen LogP contribution in [0.25, 0.3) is 11.4 Å². The number of nitrogens with zero attached hydrogens (tertiary/aromatic N) is 3. The van der Waals surface area contributed by atoms with Crippen LogP contribution in [0.4, 0.5) is 4.39 Å². The van der Waals surface area contributed by atoms with Gasteiger partial charge in [0, 0.05) is 11.3 Å². The van der Waals surface area contributed by atoms with Crippen molar-refractivity contribution < 1.29 is 4.39 Å². The van der Waals surface area contributed by atoms with E-state index in [1.807, 2.05) is 0 Å². The number of rotatable bonds is 5. The van der Waals surface area contributed by atoms with Gasteiger partial charge in [0.05, 0.1) is 0 Å². The molecule has 24 heavy (non-hydrogen) atoms. The lowest BCUT2D eigenvalue weighted by atomic mass is 10.0. The molecule has 0 bridgehead atoms. The van der Waals surface area contributed by atoms with Gasteiger partial charge in [0.2, 0.25) is 5.16 Å². The second kappa shape index (κ2) is 7.05. The predicted molar refractivity (Wildman–Crippen MR) is 95.7 cm³/mol. The fourth-order valence-corrected chi connectivity index (χ4v) is 3.13. The van der Waals surface area contributed by atoms with Crippen LogP contribution in [0, 0.1) is 5.82 Å². The van der Waals surface area contributed by atoms with Crippen LogP contribution < -0.4 is 5.84 Å². The first-order valence-electron chi connectivity index (χ1n) is 7.72. The molecule has 6 heteroatoms. The van der Waals surface area contributed by atoms with E-state index in [9.17, 15) is 4.39 Å². The van der Waals surface area contributed by atoms with E-state index in [0.29, 0.717) is 16.9 Å². The summed E-state index contributed by atoms with van der Waals surface area (Å²) in [7, 11) is 0. The zero-order chi connectivity index (χ0) is 17.1. The molecular weight excluding hydrogens is 323 g/mol. The average Bonchev–Trinajstić information content (AvgIpc) is 2.95. The van der Waals surface area contributed by atoms with E-state index in [2.05, 4.69) is 48.3 Å². The number of hydrogen-bond donors (Lipinski definition) is 1. The number of hydrogen-bond acceptors (Lipinski definition) is 4. The Kier molecular flexibility index (Phi) is 4.85. The summed E-state index contributed by atoms with van der Waals surface area (Å²) in [4.78, 5) is 0. The molecule has 3 rings (SSSR count). The zero-order valence-corrected chi connectivity index (χ0v) is 14.4. The summed E-state index contributed by atoms with van der Waals surface area (Å²) in [5.41, 5.74) is 3.26. The van der Waals surface area contributed by atoms with Crippen molar-refractivity contribution >= 4 is 11.8 Å². The molecule has 3 aromatic rings. The number of nitrogen functional groups attached to an aromatic ring is 1. The van der Waals surface area contributed by atoms with Crippen molar-refractivity contribution in [3.8, 4) is 11.4 Å². The summed E-state index contributed by atoms with van der Waals surface area (Å²) in [6.45, 7) is 4.36. The van der Waals surface area contributed by atoms with Gasteiger partial charge in [0.15, 0.2) is 5.82 Å². The van der Waals surface area contributed by atoms with Crippen LogP contribution in [0.1, 0.15) is 30.9 Å². The van der Waals surface area contributed by atoms with Crippen LogP contribution in [0.15, 0.2) is 53.7 Å². The number of benzene rings is 2. The van der Waals surface area contributed by atoms with Crippen molar-refractivity contribution in [2.45, 2.75) is 30.7 Å². The Balaban J connectivity index is 1.71. The molecule has 1 heterocycles. The summed E-state index contributed by atoms with van der Waals surface area (Å²) in [6, 6.07) is 14.6. The molecule has 0 saturated carbocycles. The van der Waals surface area contributed by atoms with E-state index in [0.717, 1.165) is 11.3 Å². The van der Waals surface area contributed by atoms with Crippen molar-refractivity contribution in [3.05, 3.63) is 65.5 Å². The molecule has 2 N–H and O–H groups in total. The lowest BCUT2D eigenvalue weighted by Crippen LogP contribution is -2.11. The third-order valence-corrected chi connectivity index (χ3v) is 4.80. The quantitative estimate of drug-likeness (QED) is 0.557. The summed E-state index contributed by atoms with van der Waals surface area (Å²) in [5.74, 6) is 7.60. The number of aromatic nitrogens is 3. The van der Waals surface area contributed by atoms with Gasteiger partial charge in [0.25, 0.3) is 0 Å². The van der Waals surface area contributed by atoms with E-state index in [1.54, 1.807) is 12.1 Å². The van der Waals surface area contributed by atoms with Gasteiger partial charge in [-0.25, -0.2) is 9.07 Å². The van der Waals surface area contributed by atoms with Gasteiger partial charge in [0.1, 0.15) is 5.82 Å². The third kappa shape index (κ3) is 3.59. The number of nitrogens with two attached hydrogens (primary N) is 1. The van der Waals surface area contributed by atoms with Crippen molar-refractivity contribution in [3.63, 3.8) is 0 Å². The normalized spacial score (nSPS) is 11.2. The maximum atomic E-state index is 13.0. The molecule has 0 fully saturated rings. The maximum absolute atomic E-state index is 13.0. The predicted octanol–water partition coefficient (Wildman–Crippen LogP) is 4.21. The Morgan fingerprint density at radius 3 is 2.33 bits per heavy atom. The first-order chi connectivity index (χ1) is 11.5. The Hall–Kier alpha value is -2.34. The smallest absolute Gasteiger partial charge is 0.210 e. The van der Waals surface area contributed by atoms with Crippen molar-refractivity contribution in [1.29, 1.82) is 0 Å². The molecule has 0 aliphatic heterocycles. The molecule has 124 valence electrons. The molecule has 0 aliphatic carbocycles. The highest BCUT2D eigenvalue weighted by atomic mass is 32.2. The van der Waals surface area contributed by atoms with Crippen molar-refractivity contribution in [2.24, 2.45) is 0 Å². The minimum Gasteiger partial charge on any atom is -0.335 e. The first-order valence-corrected chi connectivity index (χ1v) is 8.71. The molecule has 0 atom stereocenters. The highest BCUT2D eigenvalue weighted by Gasteiger charge is 2.12. The van der Waals surface area contributed by atoms with Gasteiger partial charge in [-0.15, -0.1) is 10.2 Å². The summed E-state index contributed by atoms with van der Waals surface area (Å²) in [5, 5.41) is 8.87. The summed E-state index contributed by atoms with van der Waals surface area (Å²) in [6.07, 6.45) is 0. The largest absolute Gasteiger partial charge is 0.335 e. The highest BCUT2D eigenvalue weighted by molar-refractivity contribution is 7.98. The van der Waals surface area contributed by atoms with Gasteiger partial charge < -0.3 is 5.84 Å². The number of halogens is 1. The summed E-state index contributed by atoms with van der Waals surface area (Å²) < 4.78 is 14.5. The van der Waals surface area contributed by atoms with Gasteiger partial charge in [-0.3, -0.25) is 0 Å².